The van der Waals surface area contributed by atoms with Gasteiger partial charge in [0, 0.05) is 10.4 Å². The normalized spacial score (nSPS) is 11.1. The summed E-state index contributed by atoms with van der Waals surface area (Å²) in [4.78, 5) is 9.25. The van der Waals surface area contributed by atoms with Crippen LogP contribution in [0.3, 0.4) is 0 Å². The van der Waals surface area contributed by atoms with Crippen molar-refractivity contribution >= 4 is 44.8 Å². The maximum atomic E-state index is 6.33. The number of nitrogens with zero attached hydrogens (tertiary/aromatic N) is 2. The van der Waals surface area contributed by atoms with E-state index in [1.807, 2.05) is 31.2 Å². The van der Waals surface area contributed by atoms with E-state index >= 15 is 0 Å². The van der Waals surface area contributed by atoms with Gasteiger partial charge in [0.25, 0.3) is 0 Å². The van der Waals surface area contributed by atoms with Crippen molar-refractivity contribution in [3.8, 4) is 10.4 Å². The minimum Gasteiger partial charge on any atom is -0.235 e. The first kappa shape index (κ1) is 11.9. The quantitative estimate of drug-likeness (QED) is 0.592. The fourth-order valence-corrected chi connectivity index (χ4v) is 3.36. The second kappa shape index (κ2) is 4.50. The zero-order chi connectivity index (χ0) is 12.7. The standard InChI is InChI=1S/C13H8Cl2N2S/c1-7-3-2-4-8(11(7)14)10-5-9-12(18-10)13(15)17-6-16-9/h2-6H,1H3. The number of aryl methyl sites for hydroxylation is 1. The van der Waals surface area contributed by atoms with Crippen molar-refractivity contribution in [2.45, 2.75) is 6.92 Å². The van der Waals surface area contributed by atoms with E-state index in [1.165, 1.54) is 6.33 Å². The molecule has 0 saturated heterocycles. The summed E-state index contributed by atoms with van der Waals surface area (Å²) in [6.45, 7) is 1.99. The largest absolute Gasteiger partial charge is 0.235 e. The lowest BCUT2D eigenvalue weighted by atomic mass is 10.1. The van der Waals surface area contributed by atoms with Crippen LogP contribution in [0.1, 0.15) is 5.56 Å². The van der Waals surface area contributed by atoms with Crippen molar-refractivity contribution < 1.29 is 0 Å². The summed E-state index contributed by atoms with van der Waals surface area (Å²) < 4.78 is 0.895. The average molecular weight is 295 g/mol. The third-order valence-electron chi connectivity index (χ3n) is 2.72. The summed E-state index contributed by atoms with van der Waals surface area (Å²) >= 11 is 13.9. The Morgan fingerprint density at radius 3 is 2.78 bits per heavy atom. The maximum Gasteiger partial charge on any atom is 0.150 e. The summed E-state index contributed by atoms with van der Waals surface area (Å²) in [6.07, 6.45) is 1.47. The second-order valence-electron chi connectivity index (χ2n) is 3.93. The Morgan fingerprint density at radius 2 is 2.00 bits per heavy atom. The Bertz CT molecular complexity index is 737. The van der Waals surface area contributed by atoms with E-state index in [0.29, 0.717) is 5.15 Å². The maximum absolute atomic E-state index is 6.33. The Labute approximate surface area is 118 Å². The number of aromatic nitrogens is 2. The van der Waals surface area contributed by atoms with Crippen molar-refractivity contribution in [2.75, 3.05) is 0 Å². The molecule has 2 heterocycles. The van der Waals surface area contributed by atoms with Crippen LogP contribution in [-0.4, -0.2) is 9.97 Å². The molecule has 0 atom stereocenters. The van der Waals surface area contributed by atoms with Crippen molar-refractivity contribution in [1.82, 2.24) is 9.97 Å². The highest BCUT2D eigenvalue weighted by Gasteiger charge is 2.11. The predicted octanol–water partition coefficient (Wildman–Crippen LogP) is 4.97. The first-order valence-electron chi connectivity index (χ1n) is 5.32. The van der Waals surface area contributed by atoms with Gasteiger partial charge in [-0.25, -0.2) is 9.97 Å². The topological polar surface area (TPSA) is 25.8 Å². The van der Waals surface area contributed by atoms with Gasteiger partial charge in [0.05, 0.1) is 15.2 Å². The number of rotatable bonds is 1. The Kier molecular flexibility index (Phi) is 2.98. The van der Waals surface area contributed by atoms with Crippen LogP contribution in [0.4, 0.5) is 0 Å². The van der Waals surface area contributed by atoms with Gasteiger partial charge in [0.2, 0.25) is 0 Å². The second-order valence-corrected chi connectivity index (χ2v) is 5.71. The van der Waals surface area contributed by atoms with Gasteiger partial charge in [0.1, 0.15) is 11.5 Å². The van der Waals surface area contributed by atoms with Crippen LogP contribution >= 0.6 is 34.5 Å². The Hall–Kier alpha value is -1.16. The summed E-state index contributed by atoms with van der Waals surface area (Å²) in [5.74, 6) is 0. The first-order valence-corrected chi connectivity index (χ1v) is 6.89. The third kappa shape index (κ3) is 1.88. The van der Waals surface area contributed by atoms with Crippen LogP contribution in [0, 0.1) is 6.92 Å². The summed E-state index contributed by atoms with van der Waals surface area (Å²) in [7, 11) is 0. The molecule has 3 rings (SSSR count). The van der Waals surface area contributed by atoms with Crippen molar-refractivity contribution in [1.29, 1.82) is 0 Å². The molecule has 3 aromatic rings. The molecule has 0 amide bonds. The smallest absolute Gasteiger partial charge is 0.150 e. The van der Waals surface area contributed by atoms with E-state index < -0.39 is 0 Å². The van der Waals surface area contributed by atoms with E-state index in [9.17, 15) is 0 Å². The molecule has 5 heteroatoms. The molecule has 90 valence electrons. The fourth-order valence-electron chi connectivity index (χ4n) is 1.80. The monoisotopic (exact) mass is 294 g/mol. The molecule has 0 saturated carbocycles. The fraction of sp³-hybridized carbons (Fsp3) is 0.0769. The van der Waals surface area contributed by atoms with Crippen LogP contribution in [0.15, 0.2) is 30.6 Å². The van der Waals surface area contributed by atoms with Crippen LogP contribution < -0.4 is 0 Å². The molecule has 2 nitrogen and oxygen atoms in total. The minimum atomic E-state index is 0.486. The van der Waals surface area contributed by atoms with Crippen molar-refractivity contribution in [3.63, 3.8) is 0 Å². The van der Waals surface area contributed by atoms with Gasteiger partial charge in [-0.2, -0.15) is 0 Å². The van der Waals surface area contributed by atoms with E-state index in [2.05, 4.69) is 9.97 Å². The molecule has 0 N–H and O–H groups in total. The summed E-state index contributed by atoms with van der Waals surface area (Å²) in [5, 5.41) is 1.26. The van der Waals surface area contributed by atoms with Gasteiger partial charge in [-0.1, -0.05) is 41.4 Å². The number of thiophene rings is 1. The van der Waals surface area contributed by atoms with Crippen LogP contribution in [-0.2, 0) is 0 Å². The van der Waals surface area contributed by atoms with Crippen molar-refractivity contribution in [2.24, 2.45) is 0 Å². The SMILES string of the molecule is Cc1cccc(-c2cc3ncnc(Cl)c3s2)c1Cl. The Balaban J connectivity index is 2.26. The lowest BCUT2D eigenvalue weighted by molar-refractivity contribution is 1.23. The lowest BCUT2D eigenvalue weighted by Gasteiger charge is -2.03. The zero-order valence-electron chi connectivity index (χ0n) is 9.45. The van der Waals surface area contributed by atoms with Gasteiger partial charge in [-0.15, -0.1) is 11.3 Å². The van der Waals surface area contributed by atoms with Crippen LogP contribution in [0.25, 0.3) is 20.7 Å². The molecular formula is C13H8Cl2N2S. The highest BCUT2D eigenvalue weighted by Crippen LogP contribution is 2.39. The molecule has 0 bridgehead atoms. The molecule has 0 radical (unpaired) electrons. The third-order valence-corrected chi connectivity index (χ3v) is 4.79. The predicted molar refractivity (Wildman–Crippen MR) is 77.6 cm³/mol. The molecular weight excluding hydrogens is 287 g/mol. The van der Waals surface area contributed by atoms with Crippen LogP contribution in [0.5, 0.6) is 0 Å². The Morgan fingerprint density at radius 1 is 1.17 bits per heavy atom. The molecule has 0 spiro atoms. The van der Waals surface area contributed by atoms with Crippen LogP contribution in [0.2, 0.25) is 10.2 Å². The first-order chi connectivity index (χ1) is 8.66. The lowest BCUT2D eigenvalue weighted by Crippen LogP contribution is -1.79. The molecule has 2 aromatic heterocycles. The molecule has 0 unspecified atom stereocenters. The number of hydrogen-bond acceptors (Lipinski definition) is 3. The minimum absolute atomic E-state index is 0.486. The highest BCUT2D eigenvalue weighted by molar-refractivity contribution is 7.22. The van der Waals surface area contributed by atoms with E-state index in [1.54, 1.807) is 11.3 Å². The number of benzene rings is 1. The average Bonchev–Trinajstić information content (AvgIpc) is 2.78. The van der Waals surface area contributed by atoms with Gasteiger partial charge < -0.3 is 0 Å². The molecule has 0 aliphatic heterocycles. The molecule has 0 aliphatic rings. The van der Waals surface area contributed by atoms with Gasteiger partial charge in [-0.3, -0.25) is 0 Å². The molecule has 0 aliphatic carbocycles. The van der Waals surface area contributed by atoms with E-state index in [0.717, 1.165) is 31.2 Å². The molecule has 18 heavy (non-hydrogen) atoms. The zero-order valence-corrected chi connectivity index (χ0v) is 11.8. The molecule has 1 aromatic carbocycles. The number of fused-ring (bicyclic) bond motifs is 1. The van der Waals surface area contributed by atoms with Gasteiger partial charge >= 0.3 is 0 Å². The number of hydrogen-bond donors (Lipinski definition) is 0. The van der Waals surface area contributed by atoms with Crippen molar-refractivity contribution in [3.05, 3.63) is 46.3 Å². The highest BCUT2D eigenvalue weighted by atomic mass is 35.5. The summed E-state index contributed by atoms with van der Waals surface area (Å²) in [6, 6.07) is 7.98. The molecule has 0 fully saturated rings. The summed E-state index contributed by atoms with van der Waals surface area (Å²) in [5.41, 5.74) is 2.92. The van der Waals surface area contributed by atoms with E-state index in [4.69, 9.17) is 23.2 Å². The number of halogens is 2. The van der Waals surface area contributed by atoms with E-state index in [-0.39, 0.29) is 0 Å². The van der Waals surface area contributed by atoms with Gasteiger partial charge in [0.15, 0.2) is 0 Å². The van der Waals surface area contributed by atoms with Gasteiger partial charge in [-0.05, 0) is 18.6 Å².